The Hall–Kier alpha value is -1.83. The molecule has 1 heterocycles. The lowest BCUT2D eigenvalue weighted by molar-refractivity contribution is -0.139. The quantitative estimate of drug-likeness (QED) is 0.911. The molecular formula is C12H9F3O4S. The van der Waals surface area contributed by atoms with Gasteiger partial charge in [0.1, 0.15) is 0 Å². The third-order valence-electron chi connectivity index (χ3n) is 3.06. The van der Waals surface area contributed by atoms with E-state index in [1.54, 1.807) is 0 Å². The number of hydrogen-bond acceptors (Lipinski definition) is 3. The molecule has 108 valence electrons. The van der Waals surface area contributed by atoms with Gasteiger partial charge in [0.25, 0.3) is 0 Å². The molecule has 1 unspecified atom stereocenters. The second-order valence-electron chi connectivity index (χ2n) is 4.33. The third-order valence-corrected chi connectivity index (χ3v) is 5.08. The van der Waals surface area contributed by atoms with Crippen molar-refractivity contribution < 1.29 is 31.5 Å². The van der Waals surface area contributed by atoms with Crippen LogP contribution in [0.5, 0.6) is 0 Å². The Kier molecular flexibility index (Phi) is 3.16. The van der Waals surface area contributed by atoms with E-state index < -0.39 is 48.8 Å². The first-order valence-corrected chi connectivity index (χ1v) is 6.95. The Balaban J connectivity index is 2.72. The zero-order valence-corrected chi connectivity index (χ0v) is 10.9. The van der Waals surface area contributed by atoms with Crippen molar-refractivity contribution in [3.63, 3.8) is 0 Å². The van der Waals surface area contributed by atoms with E-state index in [9.17, 15) is 26.4 Å². The summed E-state index contributed by atoms with van der Waals surface area (Å²) in [5.74, 6) is -2.82. The third kappa shape index (κ3) is 2.09. The molecule has 2 rings (SSSR count). The molecule has 1 N–H and O–H groups in total. The van der Waals surface area contributed by atoms with Crippen LogP contribution in [-0.2, 0) is 20.8 Å². The molecule has 1 aliphatic heterocycles. The molecule has 0 aromatic heterocycles. The van der Waals surface area contributed by atoms with Crippen LogP contribution in [0.25, 0.3) is 6.08 Å². The molecule has 0 radical (unpaired) electrons. The van der Waals surface area contributed by atoms with E-state index in [0.29, 0.717) is 0 Å². The predicted molar refractivity (Wildman–Crippen MR) is 63.4 cm³/mol. The fourth-order valence-corrected chi connectivity index (χ4v) is 3.81. The summed E-state index contributed by atoms with van der Waals surface area (Å²) in [7, 11) is -4.19. The Labute approximate surface area is 112 Å². The fourth-order valence-electron chi connectivity index (χ4n) is 2.00. The van der Waals surface area contributed by atoms with Gasteiger partial charge in [-0.25, -0.2) is 8.42 Å². The van der Waals surface area contributed by atoms with Crippen molar-refractivity contribution >= 4 is 21.9 Å². The number of carboxylic acids is 1. The normalized spacial score (nSPS) is 18.3. The van der Waals surface area contributed by atoms with E-state index in [2.05, 4.69) is 0 Å². The highest BCUT2D eigenvalue weighted by molar-refractivity contribution is 7.95. The van der Waals surface area contributed by atoms with Gasteiger partial charge < -0.3 is 5.11 Å². The highest BCUT2D eigenvalue weighted by Gasteiger charge is 2.41. The molecule has 1 aromatic carbocycles. The molecule has 8 heteroatoms. The summed E-state index contributed by atoms with van der Waals surface area (Å²) in [5.41, 5.74) is -1.59. The number of rotatable bonds is 2. The summed E-state index contributed by atoms with van der Waals surface area (Å²) < 4.78 is 62.7. The lowest BCUT2D eigenvalue weighted by Gasteiger charge is -2.10. The van der Waals surface area contributed by atoms with Gasteiger partial charge in [-0.1, -0.05) is 6.07 Å². The fraction of sp³-hybridized carbons (Fsp3) is 0.250. The van der Waals surface area contributed by atoms with Crippen LogP contribution in [-0.4, -0.2) is 19.5 Å². The minimum Gasteiger partial charge on any atom is -0.481 e. The van der Waals surface area contributed by atoms with Gasteiger partial charge in [0.2, 0.25) is 9.84 Å². The first-order valence-electron chi connectivity index (χ1n) is 5.46. The largest absolute Gasteiger partial charge is 0.481 e. The number of aliphatic carboxylic acids is 1. The first kappa shape index (κ1) is 14.6. The minimum absolute atomic E-state index is 0.497. The molecule has 0 saturated heterocycles. The lowest BCUT2D eigenvalue weighted by Crippen LogP contribution is -2.16. The van der Waals surface area contributed by atoms with Crippen molar-refractivity contribution in [2.24, 2.45) is 5.92 Å². The number of sulfone groups is 1. The van der Waals surface area contributed by atoms with Crippen LogP contribution in [0.2, 0.25) is 0 Å². The zero-order valence-electron chi connectivity index (χ0n) is 10.1. The van der Waals surface area contributed by atoms with E-state index in [4.69, 9.17) is 5.11 Å². The maximum absolute atomic E-state index is 12.8. The van der Waals surface area contributed by atoms with Crippen molar-refractivity contribution in [1.29, 1.82) is 0 Å². The predicted octanol–water partition coefficient (Wildman–Crippen LogP) is 2.55. The number of alkyl halides is 3. The monoisotopic (exact) mass is 306 g/mol. The van der Waals surface area contributed by atoms with Gasteiger partial charge in [-0.15, -0.1) is 0 Å². The van der Waals surface area contributed by atoms with E-state index in [-0.39, 0.29) is 0 Å². The molecule has 1 atom stereocenters. The second kappa shape index (κ2) is 4.34. The van der Waals surface area contributed by atoms with Gasteiger partial charge in [0, 0.05) is 5.56 Å². The molecule has 20 heavy (non-hydrogen) atoms. The summed E-state index contributed by atoms with van der Waals surface area (Å²) in [5, 5.41) is 8.86. The number of hydrogen-bond donors (Lipinski definition) is 1. The minimum atomic E-state index is -4.71. The van der Waals surface area contributed by atoms with Crippen molar-refractivity contribution in [2.75, 3.05) is 0 Å². The number of benzene rings is 1. The van der Waals surface area contributed by atoms with E-state index in [1.807, 2.05) is 0 Å². The van der Waals surface area contributed by atoms with E-state index >= 15 is 0 Å². The van der Waals surface area contributed by atoms with E-state index in [1.165, 1.54) is 0 Å². The average Bonchev–Trinajstić information content (AvgIpc) is 2.59. The van der Waals surface area contributed by atoms with Crippen LogP contribution in [0, 0.1) is 5.92 Å². The van der Waals surface area contributed by atoms with Crippen LogP contribution in [0.15, 0.2) is 28.0 Å². The van der Waals surface area contributed by atoms with Gasteiger partial charge in [-0.3, -0.25) is 4.79 Å². The summed E-state index contributed by atoms with van der Waals surface area (Å²) in [6, 6.07) is 2.79. The number of carboxylic acid groups (broad SMARTS) is 1. The van der Waals surface area contributed by atoms with Gasteiger partial charge in [-0.05, 0) is 25.1 Å². The molecule has 0 fully saturated rings. The summed E-state index contributed by atoms with van der Waals surface area (Å²) >= 11 is 0. The highest BCUT2D eigenvalue weighted by Crippen LogP contribution is 2.43. The highest BCUT2D eigenvalue weighted by atomic mass is 32.2. The van der Waals surface area contributed by atoms with Crippen LogP contribution in [0.3, 0.4) is 0 Å². The molecule has 0 saturated carbocycles. The number of halogens is 3. The summed E-state index contributed by atoms with van der Waals surface area (Å²) in [6.45, 7) is 1.12. The van der Waals surface area contributed by atoms with Gasteiger partial charge in [0.05, 0.1) is 21.3 Å². The molecule has 0 spiro atoms. The topological polar surface area (TPSA) is 71.4 Å². The smallest absolute Gasteiger partial charge is 0.417 e. The lowest BCUT2D eigenvalue weighted by atomic mass is 10.0. The number of fused-ring (bicyclic) bond motifs is 1. The Morgan fingerprint density at radius 2 is 1.90 bits per heavy atom. The zero-order chi connectivity index (χ0) is 15.3. The summed E-state index contributed by atoms with van der Waals surface area (Å²) in [4.78, 5) is 9.84. The molecule has 0 aliphatic carbocycles. The van der Waals surface area contributed by atoms with Crippen molar-refractivity contribution in [2.45, 2.75) is 18.0 Å². The van der Waals surface area contributed by atoms with Crippen LogP contribution in [0.4, 0.5) is 13.2 Å². The number of carbonyl (C=O) groups is 1. The molecule has 4 nitrogen and oxygen atoms in total. The van der Waals surface area contributed by atoms with Gasteiger partial charge in [0.15, 0.2) is 0 Å². The molecule has 0 bridgehead atoms. The van der Waals surface area contributed by atoms with Gasteiger partial charge in [-0.2, -0.15) is 13.2 Å². The maximum atomic E-state index is 12.8. The first-order chi connectivity index (χ1) is 9.06. The van der Waals surface area contributed by atoms with Crippen molar-refractivity contribution in [3.05, 3.63) is 34.2 Å². The van der Waals surface area contributed by atoms with Crippen LogP contribution >= 0.6 is 0 Å². The Morgan fingerprint density at radius 3 is 2.40 bits per heavy atom. The van der Waals surface area contributed by atoms with Crippen molar-refractivity contribution in [3.8, 4) is 0 Å². The molecular weight excluding hydrogens is 297 g/mol. The Morgan fingerprint density at radius 1 is 1.30 bits per heavy atom. The Bertz CT molecular complexity index is 717. The summed E-state index contributed by atoms with van der Waals surface area (Å²) in [6.07, 6.45) is -3.91. The van der Waals surface area contributed by atoms with Crippen molar-refractivity contribution in [1.82, 2.24) is 0 Å². The molecule has 1 aromatic rings. The molecule has 0 amide bonds. The second-order valence-corrected chi connectivity index (χ2v) is 6.24. The van der Waals surface area contributed by atoms with E-state index in [0.717, 1.165) is 31.2 Å². The van der Waals surface area contributed by atoms with Crippen LogP contribution < -0.4 is 0 Å². The standard InChI is InChI=1S/C12H9F3O4S/c1-6(11(16)17)10-5-7-8(12(13,14)15)3-2-4-9(7)20(10,18)19/h2-6H,1H3,(H,16,17). The SMILES string of the molecule is CC(C(=O)O)C1=Cc2c(C(F)(F)F)cccc2S1(=O)=O. The maximum Gasteiger partial charge on any atom is 0.417 e. The van der Waals surface area contributed by atoms with Gasteiger partial charge >= 0.3 is 12.1 Å². The van der Waals surface area contributed by atoms with Crippen LogP contribution in [0.1, 0.15) is 18.1 Å². The average molecular weight is 306 g/mol. The molecule has 1 aliphatic rings.